The first-order valence-electron chi connectivity index (χ1n) is 7.76. The van der Waals surface area contributed by atoms with Crippen molar-refractivity contribution in [3.05, 3.63) is 97.6 Å². The van der Waals surface area contributed by atoms with E-state index in [1.54, 1.807) is 18.6 Å². The molecule has 0 aliphatic heterocycles. The van der Waals surface area contributed by atoms with Gasteiger partial charge in [-0.05, 0) is 17.7 Å². The summed E-state index contributed by atoms with van der Waals surface area (Å²) in [5.41, 5.74) is 6.44. The second kappa shape index (κ2) is 8.29. The van der Waals surface area contributed by atoms with Crippen molar-refractivity contribution in [1.29, 1.82) is 0 Å². The number of pyridine rings is 2. The van der Waals surface area contributed by atoms with Crippen LogP contribution in [-0.4, -0.2) is 9.97 Å². The zero-order valence-electron chi connectivity index (χ0n) is 13.6. The summed E-state index contributed by atoms with van der Waals surface area (Å²) in [4.78, 5) is 8.28. The topological polar surface area (TPSA) is 25.8 Å². The Balaban J connectivity index is 0.00000182. The van der Waals surface area contributed by atoms with Crippen LogP contribution in [0.15, 0.2) is 85.3 Å². The van der Waals surface area contributed by atoms with E-state index in [2.05, 4.69) is 46.5 Å². The van der Waals surface area contributed by atoms with Gasteiger partial charge in [-0.25, -0.2) is 5.56 Å². The first-order valence-corrected chi connectivity index (χ1v) is 7.76. The molecule has 0 saturated heterocycles. The summed E-state index contributed by atoms with van der Waals surface area (Å²) in [6, 6.07) is 25.8. The predicted molar refractivity (Wildman–Crippen MR) is 96.0 cm³/mol. The molecule has 2 nitrogen and oxygen atoms in total. The molecule has 0 atom stereocenters. The maximum Gasteiger partial charge on any atom is 0.0265 e. The van der Waals surface area contributed by atoms with E-state index in [1.165, 1.54) is 5.56 Å². The molecular formula is C22H14N2Y-2. The molecule has 0 aliphatic rings. The molecule has 4 rings (SSSR count). The molecule has 4 aromatic rings. The smallest absolute Gasteiger partial charge is 0.0265 e. The molecule has 0 amide bonds. The van der Waals surface area contributed by atoms with E-state index in [0.29, 0.717) is 0 Å². The van der Waals surface area contributed by atoms with Crippen molar-refractivity contribution in [2.75, 3.05) is 0 Å². The van der Waals surface area contributed by atoms with Crippen molar-refractivity contribution in [3.63, 3.8) is 0 Å². The number of aromatic nitrogens is 2. The predicted octanol–water partition coefficient (Wildman–Crippen LogP) is 5.08. The first-order chi connectivity index (χ1) is 11.9. The van der Waals surface area contributed by atoms with Crippen LogP contribution in [0.25, 0.3) is 33.4 Å². The Morgan fingerprint density at radius 2 is 1.52 bits per heavy atom. The molecule has 0 unspecified atom stereocenters. The minimum absolute atomic E-state index is 0. The van der Waals surface area contributed by atoms with E-state index in [4.69, 9.17) is 0 Å². The van der Waals surface area contributed by atoms with Crippen molar-refractivity contribution in [2.45, 2.75) is 0 Å². The molecular weight excluding hydrogens is 381 g/mol. The van der Waals surface area contributed by atoms with Crippen LogP contribution in [0.2, 0.25) is 0 Å². The molecule has 2 heterocycles. The average Bonchev–Trinajstić information content (AvgIpc) is 2.69. The minimum Gasteiger partial charge on any atom is -0.371 e. The first kappa shape index (κ1) is 17.7. The molecule has 0 fully saturated rings. The maximum absolute atomic E-state index is 4.19. The van der Waals surface area contributed by atoms with Crippen LogP contribution in [0.5, 0.6) is 0 Å². The third-order valence-electron chi connectivity index (χ3n) is 3.93. The van der Waals surface area contributed by atoms with Gasteiger partial charge in [0.25, 0.3) is 0 Å². The van der Waals surface area contributed by atoms with Gasteiger partial charge in [0.05, 0.1) is 0 Å². The molecule has 0 bridgehead atoms. The number of rotatable bonds is 3. The van der Waals surface area contributed by atoms with Gasteiger partial charge in [0.2, 0.25) is 0 Å². The fraction of sp³-hybridized carbons (Fsp3) is 0. The molecule has 0 spiro atoms. The fourth-order valence-electron chi connectivity index (χ4n) is 2.76. The Bertz CT molecular complexity index is 954. The molecule has 2 aromatic carbocycles. The van der Waals surface area contributed by atoms with E-state index in [-0.39, 0.29) is 32.7 Å². The van der Waals surface area contributed by atoms with Gasteiger partial charge in [-0.2, -0.15) is 23.8 Å². The van der Waals surface area contributed by atoms with E-state index in [9.17, 15) is 0 Å². The SMILES string of the molecule is [Y].[c-]1ccc(-c2ccccc2)cc1-c1[c-]nccc1-c1ccncc1. The van der Waals surface area contributed by atoms with Crippen LogP contribution in [-0.2, 0) is 32.7 Å². The number of nitrogens with zero attached hydrogens (tertiary/aromatic N) is 2. The monoisotopic (exact) mass is 395 g/mol. The number of hydrogen-bond donors (Lipinski definition) is 0. The van der Waals surface area contributed by atoms with Crippen LogP contribution in [0.1, 0.15) is 0 Å². The molecule has 0 saturated carbocycles. The molecule has 2 aromatic heterocycles. The molecule has 117 valence electrons. The molecule has 1 radical (unpaired) electrons. The van der Waals surface area contributed by atoms with E-state index < -0.39 is 0 Å². The van der Waals surface area contributed by atoms with Gasteiger partial charge < -0.3 is 4.98 Å². The van der Waals surface area contributed by atoms with E-state index >= 15 is 0 Å². The third kappa shape index (κ3) is 3.92. The van der Waals surface area contributed by atoms with Crippen LogP contribution in [0.3, 0.4) is 0 Å². The molecule has 0 aliphatic carbocycles. The molecule has 3 heteroatoms. The Morgan fingerprint density at radius 3 is 2.32 bits per heavy atom. The summed E-state index contributed by atoms with van der Waals surface area (Å²) < 4.78 is 0. The number of hydrogen-bond acceptors (Lipinski definition) is 2. The van der Waals surface area contributed by atoms with Crippen molar-refractivity contribution < 1.29 is 32.7 Å². The Labute approximate surface area is 172 Å². The van der Waals surface area contributed by atoms with Gasteiger partial charge in [-0.1, -0.05) is 48.3 Å². The largest absolute Gasteiger partial charge is 0.371 e. The van der Waals surface area contributed by atoms with Crippen LogP contribution in [0.4, 0.5) is 0 Å². The average molecular weight is 395 g/mol. The Kier molecular flexibility index (Phi) is 5.85. The number of benzene rings is 2. The van der Waals surface area contributed by atoms with Gasteiger partial charge in [-0.15, -0.1) is 23.3 Å². The minimum atomic E-state index is 0. The van der Waals surface area contributed by atoms with Gasteiger partial charge in [0, 0.05) is 45.1 Å². The van der Waals surface area contributed by atoms with E-state index in [0.717, 1.165) is 27.8 Å². The summed E-state index contributed by atoms with van der Waals surface area (Å²) in [7, 11) is 0. The molecule has 0 N–H and O–H groups in total. The maximum atomic E-state index is 4.19. The van der Waals surface area contributed by atoms with Crippen LogP contribution >= 0.6 is 0 Å². The summed E-state index contributed by atoms with van der Waals surface area (Å²) in [6.07, 6.45) is 8.48. The molecule has 25 heavy (non-hydrogen) atoms. The van der Waals surface area contributed by atoms with Gasteiger partial charge >= 0.3 is 0 Å². The van der Waals surface area contributed by atoms with Crippen LogP contribution in [0, 0.1) is 12.3 Å². The summed E-state index contributed by atoms with van der Waals surface area (Å²) >= 11 is 0. The van der Waals surface area contributed by atoms with Gasteiger partial charge in [0.1, 0.15) is 0 Å². The third-order valence-corrected chi connectivity index (χ3v) is 3.93. The normalized spacial score (nSPS) is 10.1. The van der Waals surface area contributed by atoms with Crippen molar-refractivity contribution in [3.8, 4) is 33.4 Å². The Morgan fingerprint density at radius 1 is 0.720 bits per heavy atom. The quantitative estimate of drug-likeness (QED) is 0.453. The van der Waals surface area contributed by atoms with Crippen molar-refractivity contribution >= 4 is 0 Å². The Hall–Kier alpha value is -2.16. The standard InChI is InChI=1S/C22H14N2.Y/c1-2-5-17(6-3-1)19-7-4-8-20(15-19)22-16-24-14-11-21(22)18-9-12-23-13-10-18;/h1-7,9-15H;/q-2;. The fourth-order valence-corrected chi connectivity index (χ4v) is 2.76. The van der Waals surface area contributed by atoms with E-state index in [1.807, 2.05) is 42.5 Å². The van der Waals surface area contributed by atoms with Crippen LogP contribution < -0.4 is 0 Å². The zero-order chi connectivity index (χ0) is 16.2. The zero-order valence-corrected chi connectivity index (χ0v) is 16.4. The van der Waals surface area contributed by atoms with Gasteiger partial charge in [-0.3, -0.25) is 4.98 Å². The van der Waals surface area contributed by atoms with Crippen molar-refractivity contribution in [1.82, 2.24) is 9.97 Å². The second-order valence-corrected chi connectivity index (χ2v) is 5.44. The summed E-state index contributed by atoms with van der Waals surface area (Å²) in [6.45, 7) is 0. The second-order valence-electron chi connectivity index (χ2n) is 5.44. The summed E-state index contributed by atoms with van der Waals surface area (Å²) in [5.74, 6) is 0. The van der Waals surface area contributed by atoms with Crippen molar-refractivity contribution in [2.24, 2.45) is 0 Å². The van der Waals surface area contributed by atoms with Gasteiger partial charge in [0.15, 0.2) is 0 Å². The summed E-state index contributed by atoms with van der Waals surface area (Å²) in [5, 5.41) is 0.